The van der Waals surface area contributed by atoms with Gasteiger partial charge in [0.05, 0.1) is 5.52 Å². The van der Waals surface area contributed by atoms with Crippen molar-refractivity contribution in [2.75, 3.05) is 29.9 Å². The van der Waals surface area contributed by atoms with E-state index in [4.69, 9.17) is 9.72 Å². The molecule has 5 heterocycles. The molecular weight excluding hydrogens is 494 g/mol. The average molecular weight is 522 g/mol. The third-order valence-electron chi connectivity index (χ3n) is 6.79. The predicted octanol–water partition coefficient (Wildman–Crippen LogP) is 4.13. The summed E-state index contributed by atoms with van der Waals surface area (Å²) in [5, 5.41) is 7.51. The van der Waals surface area contributed by atoms with Crippen LogP contribution in [0.2, 0.25) is 0 Å². The zero-order chi connectivity index (χ0) is 26.9. The maximum atomic E-state index is 12.1. The number of anilines is 3. The SMILES string of the molecule is C=CC(=O)N1CCN(c2ccc3ncnc(Nc4ccc(Oc5ccn6ncnc6c5)c(C)c4)c3n2)C(C)C1. The minimum absolute atomic E-state index is 0.0454. The van der Waals surface area contributed by atoms with Crippen LogP contribution >= 0.6 is 0 Å². The van der Waals surface area contributed by atoms with E-state index in [1.54, 1.807) is 4.52 Å². The van der Waals surface area contributed by atoms with Crippen LogP contribution in [0.3, 0.4) is 0 Å². The van der Waals surface area contributed by atoms with Crippen molar-refractivity contribution < 1.29 is 9.53 Å². The summed E-state index contributed by atoms with van der Waals surface area (Å²) in [4.78, 5) is 34.1. The molecule has 0 saturated carbocycles. The van der Waals surface area contributed by atoms with Crippen LogP contribution in [-0.2, 0) is 4.79 Å². The number of benzene rings is 1. The van der Waals surface area contributed by atoms with Gasteiger partial charge in [0.2, 0.25) is 5.91 Å². The number of pyridine rings is 2. The Morgan fingerprint density at radius 1 is 1.10 bits per heavy atom. The molecule has 1 unspecified atom stereocenters. The van der Waals surface area contributed by atoms with Gasteiger partial charge in [-0.1, -0.05) is 6.58 Å². The second-order valence-electron chi connectivity index (χ2n) is 9.42. The van der Waals surface area contributed by atoms with Crippen LogP contribution in [0.5, 0.6) is 11.5 Å². The van der Waals surface area contributed by atoms with Crippen LogP contribution in [0.1, 0.15) is 12.5 Å². The molecule has 1 fully saturated rings. The van der Waals surface area contributed by atoms with E-state index >= 15 is 0 Å². The third-order valence-corrected chi connectivity index (χ3v) is 6.79. The summed E-state index contributed by atoms with van der Waals surface area (Å²) in [5.41, 5.74) is 3.93. The standard InChI is InChI=1S/C28H27N9O2/c1-4-26(38)35-11-12-36(19(3)15-35)24-8-6-22-27(34-24)28(31-16-29-22)33-20-5-7-23(18(2)13-20)39-21-9-10-37-25(14-21)30-17-32-37/h4-10,13-14,16-17,19H,1,11-12,15H2,2-3H3,(H,29,31,33). The molecule has 11 heteroatoms. The molecule has 1 atom stereocenters. The molecule has 0 bridgehead atoms. The zero-order valence-corrected chi connectivity index (χ0v) is 21.7. The number of amides is 1. The maximum Gasteiger partial charge on any atom is 0.246 e. The summed E-state index contributed by atoms with van der Waals surface area (Å²) in [5.74, 6) is 2.81. The molecule has 4 aromatic heterocycles. The van der Waals surface area contributed by atoms with E-state index in [0.29, 0.717) is 42.4 Å². The second-order valence-corrected chi connectivity index (χ2v) is 9.42. The second kappa shape index (κ2) is 10.0. The van der Waals surface area contributed by atoms with E-state index in [1.165, 1.54) is 18.7 Å². The van der Waals surface area contributed by atoms with Crippen molar-refractivity contribution in [2.45, 2.75) is 19.9 Å². The van der Waals surface area contributed by atoms with Crippen LogP contribution in [0.25, 0.3) is 16.7 Å². The van der Waals surface area contributed by atoms with Crippen molar-refractivity contribution in [3.8, 4) is 11.5 Å². The Morgan fingerprint density at radius 2 is 2.00 bits per heavy atom. The summed E-state index contributed by atoms with van der Waals surface area (Å²) in [6.07, 6.45) is 6.21. The molecule has 6 rings (SSSR count). The van der Waals surface area contributed by atoms with E-state index in [2.05, 4.69) is 43.8 Å². The van der Waals surface area contributed by atoms with Crippen LogP contribution in [0.15, 0.2) is 74.0 Å². The van der Waals surface area contributed by atoms with Gasteiger partial charge in [-0.15, -0.1) is 0 Å². The van der Waals surface area contributed by atoms with Crippen molar-refractivity contribution in [3.05, 3.63) is 79.5 Å². The summed E-state index contributed by atoms with van der Waals surface area (Å²) in [6, 6.07) is 13.6. The molecule has 5 aromatic rings. The van der Waals surface area contributed by atoms with Gasteiger partial charge in [0.25, 0.3) is 0 Å². The number of carbonyl (C=O) groups is 1. The molecular formula is C28H27N9O2. The fourth-order valence-corrected chi connectivity index (χ4v) is 4.77. The number of ether oxygens (including phenoxy) is 1. The lowest BCUT2D eigenvalue weighted by molar-refractivity contribution is -0.126. The normalized spacial score (nSPS) is 15.5. The quantitative estimate of drug-likeness (QED) is 0.329. The molecule has 196 valence electrons. The summed E-state index contributed by atoms with van der Waals surface area (Å²) in [6.45, 7) is 9.59. The van der Waals surface area contributed by atoms with Crippen molar-refractivity contribution in [1.82, 2.24) is 34.4 Å². The van der Waals surface area contributed by atoms with Gasteiger partial charge in [-0.25, -0.2) is 24.5 Å². The Bertz CT molecular complexity index is 1700. The molecule has 0 spiro atoms. The van der Waals surface area contributed by atoms with E-state index in [0.717, 1.165) is 28.3 Å². The molecule has 39 heavy (non-hydrogen) atoms. The highest BCUT2D eigenvalue weighted by Crippen LogP contribution is 2.30. The fraction of sp³-hybridized carbons (Fsp3) is 0.214. The van der Waals surface area contributed by atoms with Crippen LogP contribution in [0, 0.1) is 6.92 Å². The first-order valence-corrected chi connectivity index (χ1v) is 12.6. The van der Waals surface area contributed by atoms with Crippen LogP contribution in [0.4, 0.5) is 17.3 Å². The van der Waals surface area contributed by atoms with Gasteiger partial charge in [-0.3, -0.25) is 4.79 Å². The lowest BCUT2D eigenvalue weighted by Gasteiger charge is -2.40. The van der Waals surface area contributed by atoms with Gasteiger partial charge in [0.15, 0.2) is 11.5 Å². The van der Waals surface area contributed by atoms with Crippen molar-refractivity contribution >= 4 is 39.9 Å². The summed E-state index contributed by atoms with van der Waals surface area (Å²) in [7, 11) is 0. The number of nitrogens with zero attached hydrogens (tertiary/aromatic N) is 8. The van der Waals surface area contributed by atoms with E-state index in [-0.39, 0.29) is 11.9 Å². The van der Waals surface area contributed by atoms with Gasteiger partial charge in [0, 0.05) is 43.6 Å². The minimum Gasteiger partial charge on any atom is -0.457 e. The topological polar surface area (TPSA) is 114 Å². The van der Waals surface area contributed by atoms with E-state index < -0.39 is 0 Å². The summed E-state index contributed by atoms with van der Waals surface area (Å²) >= 11 is 0. The Morgan fingerprint density at radius 3 is 2.82 bits per heavy atom. The van der Waals surface area contributed by atoms with Crippen LogP contribution < -0.4 is 15.0 Å². The first-order chi connectivity index (χ1) is 19.0. The Labute approximate surface area is 224 Å². The smallest absolute Gasteiger partial charge is 0.246 e. The molecule has 1 aromatic carbocycles. The minimum atomic E-state index is -0.0454. The predicted molar refractivity (Wildman–Crippen MR) is 148 cm³/mol. The van der Waals surface area contributed by atoms with Gasteiger partial charge in [0.1, 0.15) is 35.5 Å². The molecule has 1 aliphatic rings. The Balaban J connectivity index is 1.22. The lowest BCUT2D eigenvalue weighted by atomic mass is 10.1. The number of aromatic nitrogens is 6. The largest absolute Gasteiger partial charge is 0.457 e. The molecule has 1 amide bonds. The van der Waals surface area contributed by atoms with Crippen molar-refractivity contribution in [2.24, 2.45) is 0 Å². The summed E-state index contributed by atoms with van der Waals surface area (Å²) < 4.78 is 7.79. The van der Waals surface area contributed by atoms with Crippen molar-refractivity contribution in [1.29, 1.82) is 0 Å². The van der Waals surface area contributed by atoms with Gasteiger partial charge < -0.3 is 19.9 Å². The first kappa shape index (κ1) is 24.3. The van der Waals surface area contributed by atoms with Gasteiger partial charge >= 0.3 is 0 Å². The number of carbonyl (C=O) groups excluding carboxylic acids is 1. The molecule has 11 nitrogen and oxygen atoms in total. The monoisotopic (exact) mass is 521 g/mol. The number of rotatable bonds is 6. The number of hydrogen-bond donors (Lipinski definition) is 1. The highest BCUT2D eigenvalue weighted by atomic mass is 16.5. The molecule has 0 radical (unpaired) electrons. The Kier molecular flexibility index (Phi) is 6.23. The zero-order valence-electron chi connectivity index (χ0n) is 21.7. The third kappa shape index (κ3) is 4.81. The number of nitrogens with one attached hydrogen (secondary N) is 1. The average Bonchev–Trinajstić information content (AvgIpc) is 3.42. The van der Waals surface area contributed by atoms with E-state index in [1.807, 2.05) is 60.5 Å². The molecule has 0 aliphatic carbocycles. The number of piperazine rings is 1. The molecule has 1 saturated heterocycles. The van der Waals surface area contributed by atoms with Gasteiger partial charge in [-0.05, 0) is 61.9 Å². The Hall–Kier alpha value is -5.06. The lowest BCUT2D eigenvalue weighted by Crippen LogP contribution is -2.53. The fourth-order valence-electron chi connectivity index (χ4n) is 4.77. The molecule has 1 aliphatic heterocycles. The van der Waals surface area contributed by atoms with Crippen LogP contribution in [-0.4, -0.2) is 66.0 Å². The highest BCUT2D eigenvalue weighted by Gasteiger charge is 2.27. The number of fused-ring (bicyclic) bond motifs is 2. The first-order valence-electron chi connectivity index (χ1n) is 12.6. The molecule has 1 N–H and O–H groups in total. The highest BCUT2D eigenvalue weighted by molar-refractivity contribution is 5.89. The maximum absolute atomic E-state index is 12.1. The van der Waals surface area contributed by atoms with Gasteiger partial charge in [-0.2, -0.15) is 5.10 Å². The van der Waals surface area contributed by atoms with E-state index in [9.17, 15) is 4.79 Å². The van der Waals surface area contributed by atoms with Crippen molar-refractivity contribution in [3.63, 3.8) is 0 Å². The number of aryl methyl sites for hydroxylation is 1. The number of hydrogen-bond acceptors (Lipinski definition) is 9.